The molecule has 0 aromatic heterocycles. The Morgan fingerprint density at radius 2 is 1.82 bits per heavy atom. The van der Waals surface area contributed by atoms with Gasteiger partial charge in [0, 0.05) is 4.90 Å². The first kappa shape index (κ1) is 13.9. The molecule has 0 saturated heterocycles. The van der Waals surface area contributed by atoms with Crippen LogP contribution in [0.3, 0.4) is 0 Å². The Balaban J connectivity index is 0.000000686. The van der Waals surface area contributed by atoms with Crippen LogP contribution in [0.15, 0.2) is 46.2 Å². The Hall–Kier alpha value is -1.13. The van der Waals surface area contributed by atoms with Crippen LogP contribution in [0, 0.1) is 18.8 Å². The molecule has 0 nitrogen and oxygen atoms in total. The maximum atomic E-state index is 4.00. The van der Waals surface area contributed by atoms with E-state index in [2.05, 4.69) is 56.2 Å². The number of terminal acetylenes is 1. The van der Waals surface area contributed by atoms with Crippen molar-refractivity contribution in [3.63, 3.8) is 0 Å². The van der Waals surface area contributed by atoms with Gasteiger partial charge in [0.2, 0.25) is 0 Å². The fraction of sp³-hybridized carbons (Fsp3) is 0.375. The molecule has 0 N–H and O–H groups in total. The smallest absolute Gasteiger partial charge is 0.0118 e. The number of rotatable bonds is 2. The van der Waals surface area contributed by atoms with Crippen molar-refractivity contribution in [2.45, 2.75) is 37.5 Å². The third-order valence-corrected chi connectivity index (χ3v) is 3.91. The van der Waals surface area contributed by atoms with Gasteiger partial charge < -0.3 is 0 Å². The maximum Gasteiger partial charge on any atom is 0.0118 e. The highest BCUT2D eigenvalue weighted by atomic mass is 32.2. The van der Waals surface area contributed by atoms with Gasteiger partial charge in [0.25, 0.3) is 0 Å². The molecule has 1 aliphatic rings. The fourth-order valence-corrected chi connectivity index (χ4v) is 3.12. The molecule has 0 amide bonds. The summed E-state index contributed by atoms with van der Waals surface area (Å²) in [6.45, 7) is 2.33. The molecular formula is C16H20S. The predicted octanol–water partition coefficient (Wildman–Crippen LogP) is 5.12. The molecule has 0 fully saturated rings. The van der Waals surface area contributed by atoms with E-state index in [4.69, 9.17) is 0 Å². The SMILES string of the molecule is C#C.CC1C=C(Sc2ccccc2)CCCC1. The van der Waals surface area contributed by atoms with Crippen LogP contribution in [-0.2, 0) is 0 Å². The van der Waals surface area contributed by atoms with Crippen LogP contribution >= 0.6 is 11.8 Å². The molecule has 1 aromatic carbocycles. The van der Waals surface area contributed by atoms with E-state index in [1.54, 1.807) is 4.91 Å². The Morgan fingerprint density at radius 1 is 1.12 bits per heavy atom. The normalized spacial score (nSPS) is 19.5. The summed E-state index contributed by atoms with van der Waals surface area (Å²) in [5.41, 5.74) is 0. The average Bonchev–Trinajstić information content (AvgIpc) is 2.57. The van der Waals surface area contributed by atoms with E-state index in [1.807, 2.05) is 11.8 Å². The van der Waals surface area contributed by atoms with Crippen LogP contribution in [0.4, 0.5) is 0 Å². The average molecular weight is 244 g/mol. The van der Waals surface area contributed by atoms with Crippen molar-refractivity contribution in [1.29, 1.82) is 0 Å². The van der Waals surface area contributed by atoms with E-state index < -0.39 is 0 Å². The molecule has 1 atom stereocenters. The van der Waals surface area contributed by atoms with Gasteiger partial charge in [-0.1, -0.05) is 49.4 Å². The van der Waals surface area contributed by atoms with E-state index in [0.717, 1.165) is 5.92 Å². The van der Waals surface area contributed by atoms with Gasteiger partial charge in [0.15, 0.2) is 0 Å². The zero-order valence-electron chi connectivity index (χ0n) is 10.4. The van der Waals surface area contributed by atoms with Crippen LogP contribution < -0.4 is 0 Å². The van der Waals surface area contributed by atoms with E-state index in [0.29, 0.717) is 0 Å². The first-order valence-corrected chi connectivity index (χ1v) is 6.93. The lowest BCUT2D eigenvalue weighted by Gasteiger charge is -2.05. The Bertz CT molecular complexity index is 362. The van der Waals surface area contributed by atoms with Crippen molar-refractivity contribution in [1.82, 2.24) is 0 Å². The van der Waals surface area contributed by atoms with Crippen molar-refractivity contribution in [3.05, 3.63) is 41.3 Å². The minimum Gasteiger partial charge on any atom is -0.124 e. The number of benzene rings is 1. The van der Waals surface area contributed by atoms with Crippen molar-refractivity contribution in [3.8, 4) is 12.8 Å². The number of hydrogen-bond acceptors (Lipinski definition) is 1. The molecule has 2 rings (SSSR count). The number of allylic oxidation sites excluding steroid dienone is 2. The molecular weight excluding hydrogens is 224 g/mol. The highest BCUT2D eigenvalue weighted by Crippen LogP contribution is 2.33. The molecule has 0 saturated carbocycles. The number of thioether (sulfide) groups is 1. The molecule has 0 heterocycles. The summed E-state index contributed by atoms with van der Waals surface area (Å²) in [6.07, 6.45) is 15.8. The molecule has 1 aromatic rings. The van der Waals surface area contributed by atoms with E-state index in [1.165, 1.54) is 30.6 Å². The van der Waals surface area contributed by atoms with Gasteiger partial charge in [0.05, 0.1) is 0 Å². The largest absolute Gasteiger partial charge is 0.124 e. The Morgan fingerprint density at radius 3 is 2.53 bits per heavy atom. The van der Waals surface area contributed by atoms with Gasteiger partial charge in [-0.3, -0.25) is 0 Å². The molecule has 0 radical (unpaired) electrons. The van der Waals surface area contributed by atoms with E-state index >= 15 is 0 Å². The van der Waals surface area contributed by atoms with E-state index in [-0.39, 0.29) is 0 Å². The number of hydrogen-bond donors (Lipinski definition) is 0. The van der Waals surface area contributed by atoms with Crippen LogP contribution in [-0.4, -0.2) is 0 Å². The summed E-state index contributed by atoms with van der Waals surface area (Å²) in [7, 11) is 0. The third-order valence-electron chi connectivity index (χ3n) is 2.80. The zero-order chi connectivity index (χ0) is 12.5. The molecule has 1 unspecified atom stereocenters. The van der Waals surface area contributed by atoms with Gasteiger partial charge in [-0.2, -0.15) is 0 Å². The lowest BCUT2D eigenvalue weighted by molar-refractivity contribution is 0.604. The zero-order valence-corrected chi connectivity index (χ0v) is 11.2. The second-order valence-corrected chi connectivity index (χ2v) is 5.47. The van der Waals surface area contributed by atoms with Gasteiger partial charge >= 0.3 is 0 Å². The third kappa shape index (κ3) is 5.15. The van der Waals surface area contributed by atoms with Gasteiger partial charge in [-0.15, -0.1) is 12.8 Å². The summed E-state index contributed by atoms with van der Waals surface area (Å²) in [4.78, 5) is 2.93. The standard InChI is InChI=1S/C14H18S.C2H2/c1-12-7-5-6-10-14(11-12)15-13-8-3-2-4-9-13;1-2/h2-4,8-9,11-12H,5-7,10H2,1H3;1-2H. The molecule has 1 aliphatic carbocycles. The second kappa shape index (κ2) is 8.03. The summed E-state index contributed by atoms with van der Waals surface area (Å²) < 4.78 is 0. The molecule has 0 bridgehead atoms. The fourth-order valence-electron chi connectivity index (χ4n) is 1.97. The summed E-state index contributed by atoms with van der Waals surface area (Å²) >= 11 is 1.94. The molecule has 90 valence electrons. The molecule has 0 aliphatic heterocycles. The second-order valence-electron chi connectivity index (χ2n) is 4.27. The molecule has 0 spiro atoms. The van der Waals surface area contributed by atoms with Crippen molar-refractivity contribution in [2.24, 2.45) is 5.92 Å². The van der Waals surface area contributed by atoms with Crippen LogP contribution in [0.25, 0.3) is 0 Å². The topological polar surface area (TPSA) is 0 Å². The van der Waals surface area contributed by atoms with Gasteiger partial charge in [-0.05, 0) is 42.2 Å². The lowest BCUT2D eigenvalue weighted by atomic mass is 10.1. The highest BCUT2D eigenvalue weighted by molar-refractivity contribution is 8.03. The van der Waals surface area contributed by atoms with Gasteiger partial charge in [-0.25, -0.2) is 0 Å². The molecule has 17 heavy (non-hydrogen) atoms. The van der Waals surface area contributed by atoms with Crippen molar-refractivity contribution >= 4 is 11.8 Å². The lowest BCUT2D eigenvalue weighted by Crippen LogP contribution is -1.86. The first-order chi connectivity index (χ1) is 8.34. The van der Waals surface area contributed by atoms with Crippen LogP contribution in [0.2, 0.25) is 0 Å². The van der Waals surface area contributed by atoms with E-state index in [9.17, 15) is 0 Å². The summed E-state index contributed by atoms with van der Waals surface area (Å²) in [5, 5.41) is 0. The summed E-state index contributed by atoms with van der Waals surface area (Å²) in [6, 6.07) is 10.7. The van der Waals surface area contributed by atoms with Crippen molar-refractivity contribution in [2.75, 3.05) is 0 Å². The van der Waals surface area contributed by atoms with Gasteiger partial charge in [0.1, 0.15) is 0 Å². The predicted molar refractivity (Wildman–Crippen MR) is 77.9 cm³/mol. The maximum absolute atomic E-state index is 4.00. The minimum absolute atomic E-state index is 0.763. The van der Waals surface area contributed by atoms with Crippen LogP contribution in [0.5, 0.6) is 0 Å². The quantitative estimate of drug-likeness (QED) is 0.650. The monoisotopic (exact) mass is 244 g/mol. The molecule has 1 heteroatoms. The minimum atomic E-state index is 0.763. The highest BCUT2D eigenvalue weighted by Gasteiger charge is 2.08. The Kier molecular flexibility index (Phi) is 6.58. The first-order valence-electron chi connectivity index (χ1n) is 6.11. The van der Waals surface area contributed by atoms with Crippen LogP contribution in [0.1, 0.15) is 32.6 Å². The van der Waals surface area contributed by atoms with Crippen molar-refractivity contribution < 1.29 is 0 Å². The Labute approximate surface area is 110 Å². The summed E-state index contributed by atoms with van der Waals surface area (Å²) in [5.74, 6) is 0.763.